The first kappa shape index (κ1) is 24.8. The Morgan fingerprint density at radius 2 is 1.53 bits per heavy atom. The molecule has 0 bridgehead atoms. The Morgan fingerprint density at radius 1 is 0.875 bits per heavy atom. The summed E-state index contributed by atoms with van der Waals surface area (Å²) in [5, 5.41) is 22.5. The molecule has 2 N–H and O–H groups in total. The van der Waals surface area contributed by atoms with Crippen molar-refractivity contribution in [2.45, 2.75) is 131 Å². The third-order valence-electron chi connectivity index (χ3n) is 12.4. The second-order valence-corrected chi connectivity index (χ2v) is 14.4. The number of aliphatic hydroxyl groups is 2. The van der Waals surface area contributed by atoms with Crippen LogP contribution >= 0.6 is 0 Å². The largest absolute Gasteiger partial charge is 0.393 e. The van der Waals surface area contributed by atoms with Crippen molar-refractivity contribution in [1.29, 1.82) is 0 Å². The molecule has 4 saturated carbocycles. The fourth-order valence-electron chi connectivity index (χ4n) is 10.3. The molecule has 0 aromatic heterocycles. The molecular formula is C30H52O2. The normalized spacial score (nSPS) is 49.4. The molecule has 4 rings (SSSR count). The third kappa shape index (κ3) is 3.40. The maximum Gasteiger partial charge on any atom is 0.0653 e. The van der Waals surface area contributed by atoms with E-state index in [1.807, 2.05) is 0 Å². The fraction of sp³-hybridized carbons (Fsp3) is 0.933. The van der Waals surface area contributed by atoms with Gasteiger partial charge in [0.1, 0.15) is 0 Å². The highest BCUT2D eigenvalue weighted by molar-refractivity contribution is 5.18. The SMILES string of the molecule is CC(C)=CCC[C@@](C)(O)[C@@H]1CC[C@@]2(C)[C@H]1CC[C@H]1[C@]3(C)CC[C@H](O)C(C)(C)[C@@H]3CC[C@@]12C. The zero-order valence-electron chi connectivity index (χ0n) is 22.4. The van der Waals surface area contributed by atoms with Gasteiger partial charge in [-0.25, -0.2) is 0 Å². The van der Waals surface area contributed by atoms with Gasteiger partial charge in [-0.05, 0) is 130 Å². The number of allylic oxidation sites excluding steroid dienone is 2. The minimum atomic E-state index is -0.560. The van der Waals surface area contributed by atoms with Crippen LogP contribution in [0, 0.1) is 45.3 Å². The second kappa shape index (κ2) is 7.84. The van der Waals surface area contributed by atoms with E-state index in [0.717, 1.165) is 25.2 Å². The molecule has 0 heterocycles. The van der Waals surface area contributed by atoms with Gasteiger partial charge < -0.3 is 10.2 Å². The first-order chi connectivity index (χ1) is 14.7. The molecule has 0 spiro atoms. The molecule has 0 amide bonds. The van der Waals surface area contributed by atoms with Crippen molar-refractivity contribution in [2.75, 3.05) is 0 Å². The second-order valence-electron chi connectivity index (χ2n) is 14.4. The van der Waals surface area contributed by atoms with Gasteiger partial charge in [0.05, 0.1) is 11.7 Å². The molecule has 0 aliphatic heterocycles. The van der Waals surface area contributed by atoms with Crippen molar-refractivity contribution >= 4 is 0 Å². The molecule has 4 aliphatic carbocycles. The molecule has 2 nitrogen and oxygen atoms in total. The van der Waals surface area contributed by atoms with Crippen molar-refractivity contribution in [3.8, 4) is 0 Å². The van der Waals surface area contributed by atoms with Crippen LogP contribution < -0.4 is 0 Å². The highest BCUT2D eigenvalue weighted by Gasteiger charge is 2.69. The topological polar surface area (TPSA) is 40.5 Å². The van der Waals surface area contributed by atoms with Crippen LogP contribution in [0.3, 0.4) is 0 Å². The molecule has 4 aliphatic rings. The lowest BCUT2D eigenvalue weighted by Gasteiger charge is -2.70. The number of rotatable bonds is 4. The zero-order valence-corrected chi connectivity index (χ0v) is 22.4. The quantitative estimate of drug-likeness (QED) is 0.440. The minimum absolute atomic E-state index is 0.0267. The average molecular weight is 445 g/mol. The lowest BCUT2D eigenvalue weighted by Crippen LogP contribution is -2.64. The molecule has 0 aromatic rings. The first-order valence-electron chi connectivity index (χ1n) is 13.7. The van der Waals surface area contributed by atoms with E-state index in [0.29, 0.717) is 34.0 Å². The lowest BCUT2D eigenvalue weighted by molar-refractivity contribution is -0.225. The fourth-order valence-corrected chi connectivity index (χ4v) is 10.3. The molecule has 0 aromatic carbocycles. The molecule has 4 fully saturated rings. The first-order valence-corrected chi connectivity index (χ1v) is 13.7. The number of aliphatic hydroxyl groups excluding tert-OH is 1. The smallest absolute Gasteiger partial charge is 0.0653 e. The Balaban J connectivity index is 1.61. The predicted octanol–water partition coefficient (Wildman–Crippen LogP) is 7.53. The Hall–Kier alpha value is -0.340. The molecule has 0 saturated heterocycles. The Kier molecular flexibility index (Phi) is 6.07. The summed E-state index contributed by atoms with van der Waals surface area (Å²) in [6.45, 7) is 19.0. The van der Waals surface area contributed by atoms with Gasteiger partial charge in [0.15, 0.2) is 0 Å². The molecule has 184 valence electrons. The summed E-state index contributed by atoms with van der Waals surface area (Å²) in [4.78, 5) is 0. The zero-order chi connectivity index (χ0) is 23.7. The molecular weight excluding hydrogens is 392 g/mol. The summed E-state index contributed by atoms with van der Waals surface area (Å²) in [6.07, 6.45) is 13.8. The van der Waals surface area contributed by atoms with E-state index in [1.54, 1.807) is 0 Å². The van der Waals surface area contributed by atoms with Crippen LogP contribution in [-0.2, 0) is 0 Å². The van der Waals surface area contributed by atoms with Crippen LogP contribution in [0.1, 0.15) is 120 Å². The van der Waals surface area contributed by atoms with Crippen molar-refractivity contribution in [3.63, 3.8) is 0 Å². The summed E-state index contributed by atoms with van der Waals surface area (Å²) in [5.41, 5.74) is 1.84. The highest BCUT2D eigenvalue weighted by atomic mass is 16.3. The third-order valence-corrected chi connectivity index (χ3v) is 12.4. The molecule has 2 heteroatoms. The maximum atomic E-state index is 11.6. The number of hydrogen-bond donors (Lipinski definition) is 2. The Morgan fingerprint density at radius 3 is 2.19 bits per heavy atom. The van der Waals surface area contributed by atoms with Crippen molar-refractivity contribution in [1.82, 2.24) is 0 Å². The summed E-state index contributed by atoms with van der Waals surface area (Å²) < 4.78 is 0. The molecule has 32 heavy (non-hydrogen) atoms. The van der Waals surface area contributed by atoms with Crippen LogP contribution in [0.15, 0.2) is 11.6 Å². The summed E-state index contributed by atoms with van der Waals surface area (Å²) in [7, 11) is 0. The summed E-state index contributed by atoms with van der Waals surface area (Å²) >= 11 is 0. The number of hydrogen-bond acceptors (Lipinski definition) is 2. The van der Waals surface area contributed by atoms with Crippen LogP contribution in [0.4, 0.5) is 0 Å². The van der Waals surface area contributed by atoms with Crippen LogP contribution in [0.5, 0.6) is 0 Å². The molecule has 0 radical (unpaired) electrons. The van der Waals surface area contributed by atoms with Gasteiger partial charge in [-0.15, -0.1) is 0 Å². The van der Waals surface area contributed by atoms with Crippen molar-refractivity contribution in [3.05, 3.63) is 11.6 Å². The summed E-state index contributed by atoms with van der Waals surface area (Å²) in [5.74, 6) is 2.45. The summed E-state index contributed by atoms with van der Waals surface area (Å²) in [6, 6.07) is 0. The van der Waals surface area contributed by atoms with Crippen LogP contribution in [0.2, 0.25) is 0 Å². The van der Waals surface area contributed by atoms with Gasteiger partial charge >= 0.3 is 0 Å². The van der Waals surface area contributed by atoms with Gasteiger partial charge in [0.2, 0.25) is 0 Å². The van der Waals surface area contributed by atoms with Gasteiger partial charge in [-0.2, -0.15) is 0 Å². The molecule has 9 atom stereocenters. The van der Waals surface area contributed by atoms with Gasteiger partial charge in [-0.1, -0.05) is 46.3 Å². The predicted molar refractivity (Wildman–Crippen MR) is 134 cm³/mol. The van der Waals surface area contributed by atoms with E-state index in [2.05, 4.69) is 61.5 Å². The van der Waals surface area contributed by atoms with Crippen molar-refractivity contribution in [2.24, 2.45) is 45.3 Å². The Bertz CT molecular complexity index is 746. The van der Waals surface area contributed by atoms with Gasteiger partial charge in [0, 0.05) is 0 Å². The van der Waals surface area contributed by atoms with E-state index in [-0.39, 0.29) is 11.5 Å². The monoisotopic (exact) mass is 444 g/mol. The van der Waals surface area contributed by atoms with E-state index >= 15 is 0 Å². The standard InChI is InChI=1S/C30H52O2/c1-20(2)10-9-16-30(8,32)22-13-18-28(6)21(22)11-12-24-27(5)17-15-25(31)26(3,4)23(27)14-19-29(24,28)7/h10,21-25,31-32H,9,11-19H2,1-8H3/t21-,22+,23-,24-,25-,27+,28-,29-,30+/m0/s1. The van der Waals surface area contributed by atoms with E-state index in [9.17, 15) is 10.2 Å². The van der Waals surface area contributed by atoms with E-state index in [1.165, 1.54) is 50.5 Å². The average Bonchev–Trinajstić information content (AvgIpc) is 3.04. The van der Waals surface area contributed by atoms with Gasteiger partial charge in [0.25, 0.3) is 0 Å². The van der Waals surface area contributed by atoms with Crippen LogP contribution in [0.25, 0.3) is 0 Å². The lowest BCUT2D eigenvalue weighted by atomic mass is 9.35. The molecule has 0 unspecified atom stereocenters. The highest BCUT2D eigenvalue weighted by Crippen LogP contribution is 2.75. The van der Waals surface area contributed by atoms with Crippen LogP contribution in [-0.4, -0.2) is 21.9 Å². The van der Waals surface area contributed by atoms with E-state index in [4.69, 9.17) is 0 Å². The number of fused-ring (bicyclic) bond motifs is 5. The maximum absolute atomic E-state index is 11.6. The van der Waals surface area contributed by atoms with E-state index < -0.39 is 5.60 Å². The Labute approximate surface area is 198 Å². The van der Waals surface area contributed by atoms with Crippen molar-refractivity contribution < 1.29 is 10.2 Å². The van der Waals surface area contributed by atoms with Gasteiger partial charge in [-0.3, -0.25) is 0 Å². The minimum Gasteiger partial charge on any atom is -0.393 e.